The minimum atomic E-state index is -4.55. The van der Waals surface area contributed by atoms with Gasteiger partial charge in [0.1, 0.15) is 0 Å². The third-order valence-corrected chi connectivity index (χ3v) is 1.82. The summed E-state index contributed by atoms with van der Waals surface area (Å²) in [7, 11) is -4.55. The molecule has 0 saturated heterocycles. The number of aldehydes is 1. The molecule has 0 fully saturated rings. The number of carbonyl (C=O) groups excluding carboxylic acids is 1. The van der Waals surface area contributed by atoms with E-state index in [4.69, 9.17) is 19.8 Å². The fourth-order valence-electron chi connectivity index (χ4n) is 0.440. The van der Waals surface area contributed by atoms with Crippen LogP contribution >= 0.6 is 8.17 Å². The Morgan fingerprint density at radius 2 is 2.00 bits per heavy atom. The molecule has 0 aromatic carbocycles. The second kappa shape index (κ2) is 4.81. The number of hydrogen-bond acceptors (Lipinski definition) is 6. The Labute approximate surface area is 70.1 Å². The summed E-state index contributed by atoms with van der Waals surface area (Å²) in [5, 5.41) is 9.01. The van der Waals surface area contributed by atoms with E-state index in [9.17, 15) is 4.79 Å². The van der Waals surface area contributed by atoms with Crippen LogP contribution in [-0.4, -0.2) is 38.8 Å². The molecular weight excluding hydrogens is 187 g/mol. The van der Waals surface area contributed by atoms with E-state index >= 15 is 0 Å². The van der Waals surface area contributed by atoms with Crippen molar-refractivity contribution in [2.75, 3.05) is 6.61 Å². The first kappa shape index (κ1) is 11.9. The molecule has 0 spiro atoms. The molecule has 0 rings (SSSR count). The van der Waals surface area contributed by atoms with E-state index in [1.165, 1.54) is 6.92 Å². The summed E-state index contributed by atoms with van der Waals surface area (Å²) in [6.07, 6.45) is -0.635. The molecule has 0 bridgehead atoms. The first-order valence-electron chi connectivity index (χ1n) is 3.31. The van der Waals surface area contributed by atoms with Crippen molar-refractivity contribution in [3.8, 4) is 0 Å². The summed E-state index contributed by atoms with van der Waals surface area (Å²) in [6.45, 7) is 0.964. The summed E-state index contributed by atoms with van der Waals surface area (Å²) < 4.78 is 4.11. The molecule has 2 unspecified atom stereocenters. The number of aliphatic hydroxyl groups is 1. The van der Waals surface area contributed by atoms with Crippen LogP contribution in [0.4, 0.5) is 0 Å². The molecule has 7 heteroatoms. The van der Waals surface area contributed by atoms with Crippen molar-refractivity contribution in [1.82, 2.24) is 0 Å². The Bertz CT molecular complexity index is 143. The molecule has 0 heterocycles. The summed E-state index contributed by atoms with van der Waals surface area (Å²) in [6, 6.07) is 0. The topological polar surface area (TPSA) is 107 Å². The first-order valence-corrected chi connectivity index (χ1v) is 5.06. The molecule has 12 heavy (non-hydrogen) atoms. The molecule has 0 aliphatic heterocycles. The average molecular weight is 200 g/mol. The Morgan fingerprint density at radius 1 is 1.50 bits per heavy atom. The summed E-state index contributed by atoms with van der Waals surface area (Å²) in [5.41, 5.74) is 0. The molecule has 0 radical (unpaired) electrons. The van der Waals surface area contributed by atoms with Gasteiger partial charge in [-0.15, -0.1) is 0 Å². The van der Waals surface area contributed by atoms with Gasteiger partial charge >= 0.3 is 69.1 Å². The van der Waals surface area contributed by atoms with Crippen molar-refractivity contribution >= 4 is 14.5 Å². The van der Waals surface area contributed by atoms with Crippen LogP contribution < -0.4 is 0 Å². The van der Waals surface area contributed by atoms with E-state index < -0.39 is 26.8 Å². The van der Waals surface area contributed by atoms with E-state index in [1.54, 1.807) is 0 Å². The fourth-order valence-corrected chi connectivity index (χ4v) is 0.834. The van der Waals surface area contributed by atoms with Crippen LogP contribution in [0.2, 0.25) is 0 Å². The zero-order valence-corrected chi connectivity index (χ0v) is 7.54. The van der Waals surface area contributed by atoms with Crippen LogP contribution in [0.1, 0.15) is 6.92 Å². The van der Waals surface area contributed by atoms with Crippen LogP contribution in [0, 0.1) is 5.92 Å². The van der Waals surface area contributed by atoms with E-state index in [1.807, 2.05) is 0 Å². The second-order valence-electron chi connectivity index (χ2n) is 2.45. The zero-order valence-electron chi connectivity index (χ0n) is 6.54. The van der Waals surface area contributed by atoms with Crippen LogP contribution in [0.25, 0.3) is 0 Å². The standard InChI is InChI=1S/C5H13O6P/c1-4(2-6)5(7)3-11-12(8,9)10/h2,4-5,7-10,12H,3H2,1H3. The van der Waals surface area contributed by atoms with Crippen molar-refractivity contribution in [2.45, 2.75) is 13.0 Å². The molecule has 0 aromatic rings. The molecule has 0 saturated carbocycles. The van der Waals surface area contributed by atoms with Gasteiger partial charge in [0, 0.05) is 0 Å². The molecule has 0 aromatic heterocycles. The van der Waals surface area contributed by atoms with E-state index in [2.05, 4.69) is 4.52 Å². The predicted octanol–water partition coefficient (Wildman–Crippen LogP) is -1.41. The van der Waals surface area contributed by atoms with Gasteiger partial charge in [-0.25, -0.2) is 0 Å². The Morgan fingerprint density at radius 3 is 2.33 bits per heavy atom. The SMILES string of the molecule is CC(C=O)C(O)CO[PH](O)(O)O. The Kier molecular flexibility index (Phi) is 4.77. The quantitative estimate of drug-likeness (QED) is 0.320. The predicted molar refractivity (Wildman–Crippen MR) is 42.2 cm³/mol. The number of rotatable bonds is 5. The van der Waals surface area contributed by atoms with Crippen molar-refractivity contribution in [1.29, 1.82) is 0 Å². The summed E-state index contributed by atoms with van der Waals surface area (Å²) >= 11 is 0. The molecule has 0 amide bonds. The number of aliphatic hydroxyl groups excluding tert-OH is 1. The molecule has 74 valence electrons. The van der Waals surface area contributed by atoms with Gasteiger partial charge in [-0.05, 0) is 0 Å². The van der Waals surface area contributed by atoms with Gasteiger partial charge in [0.15, 0.2) is 0 Å². The summed E-state index contributed by atoms with van der Waals surface area (Å²) in [5.74, 6) is -0.665. The molecule has 6 nitrogen and oxygen atoms in total. The van der Waals surface area contributed by atoms with Gasteiger partial charge in [-0.1, -0.05) is 0 Å². The van der Waals surface area contributed by atoms with Crippen LogP contribution in [0.3, 0.4) is 0 Å². The average Bonchev–Trinajstić information content (AvgIpc) is 1.97. The fraction of sp³-hybridized carbons (Fsp3) is 0.800. The minimum absolute atomic E-state index is 0.477. The zero-order chi connectivity index (χ0) is 9.78. The Balaban J connectivity index is 3.71. The van der Waals surface area contributed by atoms with Gasteiger partial charge < -0.3 is 0 Å². The van der Waals surface area contributed by atoms with Gasteiger partial charge in [0.25, 0.3) is 0 Å². The molecule has 0 aliphatic carbocycles. The maximum atomic E-state index is 10.1. The monoisotopic (exact) mass is 200 g/mol. The van der Waals surface area contributed by atoms with Gasteiger partial charge in [0.05, 0.1) is 0 Å². The van der Waals surface area contributed by atoms with Crippen molar-refractivity contribution in [3.05, 3.63) is 0 Å². The van der Waals surface area contributed by atoms with Gasteiger partial charge in [0.2, 0.25) is 0 Å². The van der Waals surface area contributed by atoms with E-state index in [0.717, 1.165) is 0 Å². The molecule has 4 N–H and O–H groups in total. The van der Waals surface area contributed by atoms with E-state index in [0.29, 0.717) is 6.29 Å². The third-order valence-electron chi connectivity index (χ3n) is 1.27. The molecule has 0 aliphatic rings. The number of carbonyl (C=O) groups is 1. The maximum absolute atomic E-state index is 10.1. The van der Waals surface area contributed by atoms with Crippen LogP contribution in [0.15, 0.2) is 0 Å². The Hall–Kier alpha value is -0.100. The van der Waals surface area contributed by atoms with Gasteiger partial charge in [-0.3, -0.25) is 0 Å². The van der Waals surface area contributed by atoms with Crippen LogP contribution in [0.5, 0.6) is 0 Å². The van der Waals surface area contributed by atoms with Crippen LogP contribution in [-0.2, 0) is 9.32 Å². The molecule has 2 atom stereocenters. The molecular formula is C5H13O6P. The normalized spacial score (nSPS) is 18.4. The first-order chi connectivity index (χ1) is 5.37. The number of hydrogen-bond donors (Lipinski definition) is 4. The van der Waals surface area contributed by atoms with Crippen molar-refractivity contribution in [2.24, 2.45) is 5.92 Å². The summed E-state index contributed by atoms with van der Waals surface area (Å²) in [4.78, 5) is 35.1. The third kappa shape index (κ3) is 5.54. The van der Waals surface area contributed by atoms with Crippen molar-refractivity contribution < 1.29 is 29.1 Å². The van der Waals surface area contributed by atoms with Gasteiger partial charge in [-0.2, -0.15) is 0 Å². The van der Waals surface area contributed by atoms with Crippen molar-refractivity contribution in [3.63, 3.8) is 0 Å². The second-order valence-corrected chi connectivity index (χ2v) is 3.88. The van der Waals surface area contributed by atoms with E-state index in [-0.39, 0.29) is 0 Å².